The molecule has 0 aliphatic carbocycles. The van der Waals surface area contributed by atoms with Gasteiger partial charge in [-0.15, -0.1) is 0 Å². The molecule has 2 heterocycles. The fourth-order valence-corrected chi connectivity index (χ4v) is 4.45. The smallest absolute Gasteiger partial charge is 0.124 e. The Morgan fingerprint density at radius 3 is 1.25 bits per heavy atom. The first-order chi connectivity index (χ1) is 15.9. The van der Waals surface area contributed by atoms with Crippen LogP contribution in [0.5, 0.6) is 11.5 Å². The second kappa shape index (κ2) is 9.74. The van der Waals surface area contributed by atoms with Crippen LogP contribution in [-0.4, -0.2) is 0 Å². The van der Waals surface area contributed by atoms with Gasteiger partial charge in [-0.25, -0.2) is 0 Å². The maximum Gasteiger partial charge on any atom is 0.124 e. The lowest BCUT2D eigenvalue weighted by Crippen LogP contribution is -2.14. The molecule has 0 N–H and O–H groups in total. The summed E-state index contributed by atoms with van der Waals surface area (Å²) in [6, 6.07) is 37.5. The number of fused-ring (bicyclic) bond motifs is 2. The molecule has 4 aromatic carbocycles. The Balaban J connectivity index is 0.000000135. The van der Waals surface area contributed by atoms with E-state index in [4.69, 9.17) is 9.47 Å². The standard InChI is InChI=1S/2C15H14O/c2*1-2-6-12(7-3-1)15-11-10-13-8-4-5-9-14(13)16-15/h2*1-9,15H,10-11H2. The molecule has 160 valence electrons. The molecule has 32 heavy (non-hydrogen) atoms. The second-order valence-corrected chi connectivity index (χ2v) is 8.33. The summed E-state index contributed by atoms with van der Waals surface area (Å²) < 4.78 is 12.0. The Morgan fingerprint density at radius 2 is 0.812 bits per heavy atom. The van der Waals surface area contributed by atoms with Crippen molar-refractivity contribution >= 4 is 0 Å². The van der Waals surface area contributed by atoms with Crippen LogP contribution in [0.25, 0.3) is 0 Å². The fourth-order valence-electron chi connectivity index (χ4n) is 4.45. The summed E-state index contributed by atoms with van der Waals surface area (Å²) in [5.74, 6) is 2.09. The van der Waals surface area contributed by atoms with Crippen LogP contribution in [0.3, 0.4) is 0 Å². The third-order valence-corrected chi connectivity index (χ3v) is 6.18. The van der Waals surface area contributed by atoms with Gasteiger partial charge in [0.2, 0.25) is 0 Å². The van der Waals surface area contributed by atoms with Crippen LogP contribution in [0.2, 0.25) is 0 Å². The Morgan fingerprint density at radius 1 is 0.438 bits per heavy atom. The maximum absolute atomic E-state index is 6.02. The van der Waals surface area contributed by atoms with Crippen molar-refractivity contribution in [3.8, 4) is 11.5 Å². The predicted octanol–water partition coefficient (Wildman–Crippen LogP) is 7.51. The molecule has 2 heteroatoms. The predicted molar refractivity (Wildman–Crippen MR) is 129 cm³/mol. The highest BCUT2D eigenvalue weighted by Gasteiger charge is 2.21. The molecule has 0 saturated heterocycles. The van der Waals surface area contributed by atoms with E-state index in [9.17, 15) is 0 Å². The molecule has 0 radical (unpaired) electrons. The molecular weight excluding hydrogens is 392 g/mol. The summed E-state index contributed by atoms with van der Waals surface area (Å²) in [6.45, 7) is 0. The molecule has 0 saturated carbocycles. The van der Waals surface area contributed by atoms with Crippen molar-refractivity contribution < 1.29 is 9.47 Å². The minimum absolute atomic E-state index is 0.219. The fraction of sp³-hybridized carbons (Fsp3) is 0.200. The molecule has 2 aliphatic heterocycles. The monoisotopic (exact) mass is 420 g/mol. The molecule has 2 nitrogen and oxygen atoms in total. The molecule has 2 atom stereocenters. The average molecular weight is 421 g/mol. The highest BCUT2D eigenvalue weighted by atomic mass is 16.5. The van der Waals surface area contributed by atoms with E-state index in [2.05, 4.69) is 84.9 Å². The number of ether oxygens (including phenoxy) is 2. The summed E-state index contributed by atoms with van der Waals surface area (Å²) in [5, 5.41) is 0. The van der Waals surface area contributed by atoms with E-state index >= 15 is 0 Å². The lowest BCUT2D eigenvalue weighted by atomic mass is 9.98. The molecule has 0 aromatic heterocycles. The van der Waals surface area contributed by atoms with E-state index in [1.165, 1.54) is 22.3 Å². The minimum Gasteiger partial charge on any atom is -0.485 e. The Bertz CT molecular complexity index is 1040. The molecule has 0 fully saturated rings. The highest BCUT2D eigenvalue weighted by Crippen LogP contribution is 2.35. The lowest BCUT2D eigenvalue weighted by molar-refractivity contribution is 0.176. The zero-order chi connectivity index (χ0) is 21.6. The van der Waals surface area contributed by atoms with Gasteiger partial charge >= 0.3 is 0 Å². The zero-order valence-electron chi connectivity index (χ0n) is 18.2. The summed E-state index contributed by atoms with van der Waals surface area (Å²) in [4.78, 5) is 0. The van der Waals surface area contributed by atoms with Crippen LogP contribution in [0.15, 0.2) is 109 Å². The largest absolute Gasteiger partial charge is 0.485 e. The van der Waals surface area contributed by atoms with Gasteiger partial charge in [0.15, 0.2) is 0 Å². The molecular formula is C30H28O2. The molecule has 6 rings (SSSR count). The van der Waals surface area contributed by atoms with E-state index < -0.39 is 0 Å². The third-order valence-electron chi connectivity index (χ3n) is 6.18. The topological polar surface area (TPSA) is 18.5 Å². The van der Waals surface area contributed by atoms with Gasteiger partial charge in [-0.1, -0.05) is 97.1 Å². The molecule has 4 aromatic rings. The van der Waals surface area contributed by atoms with Crippen LogP contribution in [0, 0.1) is 0 Å². The van der Waals surface area contributed by atoms with Crippen LogP contribution in [0.4, 0.5) is 0 Å². The third kappa shape index (κ3) is 4.70. The highest BCUT2D eigenvalue weighted by molar-refractivity contribution is 5.37. The number of hydrogen-bond donors (Lipinski definition) is 0. The number of hydrogen-bond acceptors (Lipinski definition) is 2. The van der Waals surface area contributed by atoms with Gasteiger partial charge in [0.1, 0.15) is 23.7 Å². The Kier molecular flexibility index (Phi) is 6.20. The van der Waals surface area contributed by atoms with Crippen molar-refractivity contribution in [3.05, 3.63) is 131 Å². The van der Waals surface area contributed by atoms with Crippen molar-refractivity contribution in [1.82, 2.24) is 0 Å². The van der Waals surface area contributed by atoms with Crippen molar-refractivity contribution in [1.29, 1.82) is 0 Å². The number of aryl methyl sites for hydroxylation is 2. The van der Waals surface area contributed by atoms with Gasteiger partial charge in [0.05, 0.1) is 0 Å². The normalized spacial score (nSPS) is 18.6. The van der Waals surface area contributed by atoms with Gasteiger partial charge in [0, 0.05) is 0 Å². The molecule has 2 unspecified atom stereocenters. The van der Waals surface area contributed by atoms with Crippen molar-refractivity contribution in [2.45, 2.75) is 37.9 Å². The second-order valence-electron chi connectivity index (χ2n) is 8.33. The van der Waals surface area contributed by atoms with Gasteiger partial charge < -0.3 is 9.47 Å². The summed E-state index contributed by atoms with van der Waals surface area (Å²) in [5.41, 5.74) is 5.21. The minimum atomic E-state index is 0.219. The first kappa shape index (κ1) is 20.4. The zero-order valence-corrected chi connectivity index (χ0v) is 18.2. The Labute approximate surface area is 190 Å². The average Bonchev–Trinajstić information content (AvgIpc) is 2.89. The first-order valence-electron chi connectivity index (χ1n) is 11.5. The maximum atomic E-state index is 6.02. The molecule has 0 amide bonds. The molecule has 2 aliphatic rings. The van der Waals surface area contributed by atoms with Gasteiger partial charge in [-0.05, 0) is 60.1 Å². The number of benzene rings is 4. The molecule has 0 bridgehead atoms. The van der Waals surface area contributed by atoms with E-state index in [1.54, 1.807) is 0 Å². The van der Waals surface area contributed by atoms with E-state index in [0.29, 0.717) is 0 Å². The van der Waals surface area contributed by atoms with Crippen molar-refractivity contribution in [2.75, 3.05) is 0 Å². The SMILES string of the molecule is c1ccc(C2CCc3ccccc3O2)cc1.c1ccc(C2CCc3ccccc3O2)cc1. The summed E-state index contributed by atoms with van der Waals surface area (Å²) >= 11 is 0. The molecule has 0 spiro atoms. The number of para-hydroxylation sites is 2. The van der Waals surface area contributed by atoms with E-state index in [-0.39, 0.29) is 12.2 Å². The van der Waals surface area contributed by atoms with Crippen LogP contribution in [0.1, 0.15) is 47.3 Å². The van der Waals surface area contributed by atoms with E-state index in [1.807, 2.05) is 24.3 Å². The van der Waals surface area contributed by atoms with E-state index in [0.717, 1.165) is 37.2 Å². The van der Waals surface area contributed by atoms with Gasteiger partial charge in [0.25, 0.3) is 0 Å². The Hall–Kier alpha value is -3.52. The summed E-state index contributed by atoms with van der Waals surface area (Å²) in [7, 11) is 0. The first-order valence-corrected chi connectivity index (χ1v) is 11.5. The number of rotatable bonds is 2. The quantitative estimate of drug-likeness (QED) is 0.334. The van der Waals surface area contributed by atoms with Crippen LogP contribution in [-0.2, 0) is 12.8 Å². The van der Waals surface area contributed by atoms with Gasteiger partial charge in [-0.2, -0.15) is 0 Å². The van der Waals surface area contributed by atoms with Crippen LogP contribution >= 0.6 is 0 Å². The lowest BCUT2D eigenvalue weighted by Gasteiger charge is -2.26. The van der Waals surface area contributed by atoms with Crippen molar-refractivity contribution in [3.63, 3.8) is 0 Å². The van der Waals surface area contributed by atoms with Crippen molar-refractivity contribution in [2.24, 2.45) is 0 Å². The summed E-state index contributed by atoms with van der Waals surface area (Å²) in [6.07, 6.45) is 4.79. The van der Waals surface area contributed by atoms with Gasteiger partial charge in [-0.3, -0.25) is 0 Å². The van der Waals surface area contributed by atoms with Crippen LogP contribution < -0.4 is 9.47 Å².